The summed E-state index contributed by atoms with van der Waals surface area (Å²) in [6.45, 7) is 0. The minimum atomic E-state index is -3.78. The lowest BCUT2D eigenvalue weighted by atomic mass is 10.1. The number of nitrogens with one attached hydrogen (secondary N) is 1. The number of sulfonamides is 1. The van der Waals surface area contributed by atoms with Crippen LogP contribution in [-0.2, 0) is 10.0 Å². The Morgan fingerprint density at radius 3 is 2.45 bits per heavy atom. The van der Waals surface area contributed by atoms with E-state index in [1.807, 2.05) is 0 Å². The van der Waals surface area contributed by atoms with Gasteiger partial charge in [-0.05, 0) is 29.8 Å². The Balaban J connectivity index is 1.94. The second kappa shape index (κ2) is 5.92. The van der Waals surface area contributed by atoms with Crippen LogP contribution in [0.3, 0.4) is 0 Å². The molecule has 0 saturated heterocycles. The number of thiophene rings is 1. The molecule has 2 aromatic heterocycles. The highest BCUT2D eigenvalue weighted by atomic mass is 35.5. The van der Waals surface area contributed by atoms with E-state index in [0.717, 1.165) is 16.9 Å². The second-order valence-corrected chi connectivity index (χ2v) is 8.30. The van der Waals surface area contributed by atoms with Gasteiger partial charge in [0.1, 0.15) is 4.21 Å². The van der Waals surface area contributed by atoms with Gasteiger partial charge in [0, 0.05) is 5.02 Å². The van der Waals surface area contributed by atoms with Crippen LogP contribution < -0.4 is 4.72 Å². The molecule has 1 aromatic carbocycles. The monoisotopic (exact) mass is 374 g/mol. The molecule has 0 atom stereocenters. The molecule has 0 fully saturated rings. The van der Waals surface area contributed by atoms with Crippen molar-refractivity contribution in [2.24, 2.45) is 0 Å². The summed E-state index contributed by atoms with van der Waals surface area (Å²) in [5, 5.41) is 4.23. The van der Waals surface area contributed by atoms with Crippen molar-refractivity contribution < 1.29 is 12.9 Å². The van der Waals surface area contributed by atoms with Crippen molar-refractivity contribution in [3.63, 3.8) is 0 Å². The number of rotatable bonds is 4. The fourth-order valence-electron chi connectivity index (χ4n) is 1.76. The first-order valence-electron chi connectivity index (χ1n) is 5.94. The molecule has 0 aliphatic heterocycles. The number of benzene rings is 1. The lowest BCUT2D eigenvalue weighted by Crippen LogP contribution is -2.11. The van der Waals surface area contributed by atoms with Gasteiger partial charge in [-0.2, -0.15) is 0 Å². The Kier molecular flexibility index (Phi) is 4.14. The van der Waals surface area contributed by atoms with Crippen molar-refractivity contribution in [3.05, 3.63) is 52.0 Å². The smallest absolute Gasteiger partial charge is 0.273 e. The molecule has 0 bridgehead atoms. The summed E-state index contributed by atoms with van der Waals surface area (Å²) in [6.07, 6.45) is 1.43. The highest BCUT2D eigenvalue weighted by Crippen LogP contribution is 2.32. The van der Waals surface area contributed by atoms with Gasteiger partial charge in [0.15, 0.2) is 0 Å². The zero-order valence-electron chi connectivity index (χ0n) is 10.8. The van der Waals surface area contributed by atoms with E-state index in [0.29, 0.717) is 14.9 Å². The number of aromatic nitrogens is 1. The average molecular weight is 375 g/mol. The summed E-state index contributed by atoms with van der Waals surface area (Å²) in [5.41, 5.74) is 1.25. The van der Waals surface area contributed by atoms with E-state index in [2.05, 4.69) is 9.88 Å². The standard InChI is InChI=1S/C13H8Cl2N2O3S2/c14-9-3-1-8(2-4-9)10-7-16-20-13(10)17-22(18,19)12-6-5-11(15)21-12/h1-7,17H. The SMILES string of the molecule is O=S(=O)(Nc1oncc1-c1ccc(Cl)cc1)c1ccc(Cl)s1. The maximum Gasteiger partial charge on any atom is 0.273 e. The van der Waals surface area contributed by atoms with Crippen LogP contribution in [0.2, 0.25) is 9.36 Å². The van der Waals surface area contributed by atoms with Gasteiger partial charge in [-0.3, -0.25) is 0 Å². The van der Waals surface area contributed by atoms with E-state index in [-0.39, 0.29) is 10.1 Å². The summed E-state index contributed by atoms with van der Waals surface area (Å²) in [6, 6.07) is 9.82. The lowest BCUT2D eigenvalue weighted by Gasteiger charge is -2.05. The minimum Gasteiger partial charge on any atom is -0.337 e. The predicted octanol–water partition coefficient (Wildman–Crippen LogP) is 4.51. The van der Waals surface area contributed by atoms with Crippen molar-refractivity contribution in [1.29, 1.82) is 0 Å². The largest absolute Gasteiger partial charge is 0.337 e. The second-order valence-electron chi connectivity index (χ2n) is 4.24. The van der Waals surface area contributed by atoms with Crippen LogP contribution in [0.1, 0.15) is 0 Å². The van der Waals surface area contributed by atoms with Gasteiger partial charge in [0.25, 0.3) is 10.0 Å². The first kappa shape index (κ1) is 15.4. The molecule has 114 valence electrons. The van der Waals surface area contributed by atoms with Gasteiger partial charge in [0.2, 0.25) is 5.88 Å². The van der Waals surface area contributed by atoms with Gasteiger partial charge in [0.05, 0.1) is 16.1 Å². The first-order chi connectivity index (χ1) is 10.5. The molecule has 0 saturated carbocycles. The molecule has 0 unspecified atom stereocenters. The number of hydrogen-bond acceptors (Lipinski definition) is 5. The predicted molar refractivity (Wildman–Crippen MR) is 87.1 cm³/mol. The van der Waals surface area contributed by atoms with Crippen molar-refractivity contribution in [2.45, 2.75) is 4.21 Å². The molecule has 3 rings (SSSR count). The highest BCUT2D eigenvalue weighted by molar-refractivity contribution is 7.94. The quantitative estimate of drug-likeness (QED) is 0.728. The van der Waals surface area contributed by atoms with Crippen molar-refractivity contribution in [1.82, 2.24) is 5.16 Å². The molecular formula is C13H8Cl2N2O3S2. The zero-order chi connectivity index (χ0) is 15.7. The van der Waals surface area contributed by atoms with E-state index in [1.165, 1.54) is 18.3 Å². The molecule has 0 aliphatic rings. The van der Waals surface area contributed by atoms with E-state index in [4.69, 9.17) is 27.7 Å². The van der Waals surface area contributed by atoms with Gasteiger partial charge in [-0.15, -0.1) is 11.3 Å². The Morgan fingerprint density at radius 2 is 1.82 bits per heavy atom. The third kappa shape index (κ3) is 3.12. The molecule has 22 heavy (non-hydrogen) atoms. The maximum absolute atomic E-state index is 12.3. The fourth-order valence-corrected chi connectivity index (χ4v) is 4.37. The Morgan fingerprint density at radius 1 is 1.09 bits per heavy atom. The van der Waals surface area contributed by atoms with Crippen LogP contribution in [-0.4, -0.2) is 13.6 Å². The van der Waals surface area contributed by atoms with Crippen LogP contribution in [0.5, 0.6) is 0 Å². The molecule has 0 radical (unpaired) electrons. The normalized spacial score (nSPS) is 11.5. The Hall–Kier alpha value is -1.54. The summed E-state index contributed by atoms with van der Waals surface area (Å²) in [5.74, 6) is 0.0341. The molecule has 5 nitrogen and oxygen atoms in total. The molecular weight excluding hydrogens is 367 g/mol. The van der Waals surface area contributed by atoms with Gasteiger partial charge in [-0.25, -0.2) is 13.1 Å². The molecule has 0 spiro atoms. The molecule has 1 N–H and O–H groups in total. The Labute approximate surface area is 140 Å². The molecule has 3 aromatic rings. The summed E-state index contributed by atoms with van der Waals surface area (Å²) < 4.78 is 32.4. The first-order valence-corrected chi connectivity index (χ1v) is 9.00. The minimum absolute atomic E-state index is 0.0341. The molecule has 0 aliphatic carbocycles. The van der Waals surface area contributed by atoms with E-state index in [1.54, 1.807) is 24.3 Å². The van der Waals surface area contributed by atoms with E-state index in [9.17, 15) is 8.42 Å². The lowest BCUT2D eigenvalue weighted by molar-refractivity contribution is 0.436. The third-order valence-corrected chi connectivity index (χ3v) is 6.07. The number of halogens is 2. The van der Waals surface area contributed by atoms with Gasteiger partial charge < -0.3 is 4.52 Å². The molecule has 9 heteroatoms. The highest BCUT2D eigenvalue weighted by Gasteiger charge is 2.21. The maximum atomic E-state index is 12.3. The van der Waals surface area contributed by atoms with E-state index >= 15 is 0 Å². The van der Waals surface area contributed by atoms with Crippen LogP contribution in [0.4, 0.5) is 5.88 Å². The number of anilines is 1. The number of hydrogen-bond donors (Lipinski definition) is 1. The van der Waals surface area contributed by atoms with Crippen LogP contribution >= 0.6 is 34.5 Å². The van der Waals surface area contributed by atoms with Gasteiger partial charge in [-0.1, -0.05) is 40.5 Å². The van der Waals surface area contributed by atoms with Crippen LogP contribution in [0.25, 0.3) is 11.1 Å². The van der Waals surface area contributed by atoms with Crippen LogP contribution in [0.15, 0.2) is 51.3 Å². The topological polar surface area (TPSA) is 72.2 Å². The third-order valence-electron chi connectivity index (χ3n) is 2.77. The summed E-state index contributed by atoms with van der Waals surface area (Å²) in [4.78, 5) is 0. The van der Waals surface area contributed by atoms with E-state index < -0.39 is 10.0 Å². The van der Waals surface area contributed by atoms with Crippen molar-refractivity contribution in [3.8, 4) is 11.1 Å². The fraction of sp³-hybridized carbons (Fsp3) is 0. The summed E-state index contributed by atoms with van der Waals surface area (Å²) >= 11 is 12.6. The van der Waals surface area contributed by atoms with Crippen molar-refractivity contribution in [2.75, 3.05) is 4.72 Å². The van der Waals surface area contributed by atoms with Gasteiger partial charge >= 0.3 is 0 Å². The Bertz CT molecular complexity index is 902. The van der Waals surface area contributed by atoms with Crippen molar-refractivity contribution >= 4 is 50.4 Å². The number of nitrogens with zero attached hydrogens (tertiary/aromatic N) is 1. The van der Waals surface area contributed by atoms with Crippen LogP contribution in [0, 0.1) is 0 Å². The average Bonchev–Trinajstić information content (AvgIpc) is 3.09. The molecule has 0 amide bonds. The zero-order valence-corrected chi connectivity index (χ0v) is 13.9. The summed E-state index contributed by atoms with van der Waals surface area (Å²) in [7, 11) is -3.78. The molecule has 2 heterocycles.